The Morgan fingerprint density at radius 1 is 1.15 bits per heavy atom. The summed E-state index contributed by atoms with van der Waals surface area (Å²) < 4.78 is 11.1. The second-order valence-corrected chi connectivity index (χ2v) is 8.01. The molecule has 2 aromatic carbocycles. The fourth-order valence-electron chi connectivity index (χ4n) is 3.92. The lowest BCUT2D eigenvalue weighted by Gasteiger charge is -2.26. The number of hydrogen-bond donors (Lipinski definition) is 1. The lowest BCUT2D eigenvalue weighted by atomic mass is 9.95. The van der Waals surface area contributed by atoms with Crippen molar-refractivity contribution in [2.24, 2.45) is 0 Å². The van der Waals surface area contributed by atoms with Crippen molar-refractivity contribution in [2.75, 3.05) is 40.4 Å². The predicted octanol–water partition coefficient (Wildman–Crippen LogP) is 2.35. The van der Waals surface area contributed by atoms with Gasteiger partial charge >= 0.3 is 0 Å². The van der Waals surface area contributed by atoms with Crippen LogP contribution in [0.25, 0.3) is 5.76 Å². The number of non-ortho nitro benzene ring substituents is 1. The standard InChI is InChI=1S/C23H23N3O7/c1-24(2)8-9-25-20(14-4-3-5-16(12-14)26(30)31)19(22(28)23(25)29)21(27)15-6-7-17-18(13-15)33-11-10-32-17/h3-7,12-13,20,27H,8-11H2,1-2H3/b21-19+/t20-/m1/s1. The Bertz CT molecular complexity index is 1160. The van der Waals surface area contributed by atoms with Crippen molar-refractivity contribution in [3.63, 3.8) is 0 Å². The number of nitro benzene ring substituents is 1. The van der Waals surface area contributed by atoms with E-state index >= 15 is 0 Å². The lowest BCUT2D eigenvalue weighted by molar-refractivity contribution is -0.384. The van der Waals surface area contributed by atoms with Gasteiger partial charge in [-0.2, -0.15) is 0 Å². The number of ketones is 1. The summed E-state index contributed by atoms with van der Waals surface area (Å²) in [6.45, 7) is 1.41. The minimum Gasteiger partial charge on any atom is -0.507 e. The molecule has 0 aromatic heterocycles. The molecule has 1 amide bonds. The number of likely N-dealkylation sites (N-methyl/N-ethyl adjacent to an activating group) is 1. The molecule has 1 fully saturated rings. The van der Waals surface area contributed by atoms with E-state index in [4.69, 9.17) is 9.47 Å². The Balaban J connectivity index is 1.85. The molecule has 1 N–H and O–H groups in total. The number of nitrogens with zero attached hydrogens (tertiary/aromatic N) is 3. The summed E-state index contributed by atoms with van der Waals surface area (Å²) in [6.07, 6.45) is 0. The number of benzene rings is 2. The Labute approximate surface area is 189 Å². The van der Waals surface area contributed by atoms with Crippen molar-refractivity contribution in [3.8, 4) is 11.5 Å². The number of hydrogen-bond acceptors (Lipinski definition) is 8. The number of amides is 1. The molecule has 1 saturated heterocycles. The average molecular weight is 453 g/mol. The fourth-order valence-corrected chi connectivity index (χ4v) is 3.92. The van der Waals surface area contributed by atoms with E-state index in [1.165, 1.54) is 23.1 Å². The summed E-state index contributed by atoms with van der Waals surface area (Å²) in [4.78, 5) is 40.0. The van der Waals surface area contributed by atoms with Gasteiger partial charge in [0.05, 0.1) is 16.5 Å². The Morgan fingerprint density at radius 3 is 2.58 bits per heavy atom. The van der Waals surface area contributed by atoms with E-state index in [9.17, 15) is 24.8 Å². The van der Waals surface area contributed by atoms with Crippen LogP contribution in [0.4, 0.5) is 5.69 Å². The van der Waals surface area contributed by atoms with Gasteiger partial charge in [-0.1, -0.05) is 12.1 Å². The number of aliphatic hydroxyl groups is 1. The second-order valence-electron chi connectivity index (χ2n) is 8.01. The van der Waals surface area contributed by atoms with E-state index < -0.39 is 22.7 Å². The van der Waals surface area contributed by atoms with Gasteiger partial charge in [-0.3, -0.25) is 19.7 Å². The molecule has 0 unspecified atom stereocenters. The number of Topliss-reactive ketones (excluding diaryl/α,β-unsaturated/α-hetero) is 1. The highest BCUT2D eigenvalue weighted by molar-refractivity contribution is 6.46. The molecular formula is C23H23N3O7. The number of rotatable bonds is 6. The van der Waals surface area contributed by atoms with Crippen LogP contribution in [0.1, 0.15) is 17.2 Å². The van der Waals surface area contributed by atoms with E-state index in [2.05, 4.69) is 0 Å². The van der Waals surface area contributed by atoms with Gasteiger partial charge in [-0.25, -0.2) is 0 Å². The molecule has 33 heavy (non-hydrogen) atoms. The van der Waals surface area contributed by atoms with E-state index in [-0.39, 0.29) is 29.1 Å². The minimum atomic E-state index is -0.974. The van der Waals surface area contributed by atoms with Crippen LogP contribution in [0.5, 0.6) is 11.5 Å². The summed E-state index contributed by atoms with van der Waals surface area (Å²) in [5.41, 5.74) is 0.336. The van der Waals surface area contributed by atoms with Crippen LogP contribution in [0, 0.1) is 10.1 Å². The monoisotopic (exact) mass is 453 g/mol. The number of nitro groups is 1. The molecule has 2 aromatic rings. The normalized spacial score (nSPS) is 19.2. The minimum absolute atomic E-state index is 0.129. The van der Waals surface area contributed by atoms with Crippen LogP contribution in [0.2, 0.25) is 0 Å². The first-order chi connectivity index (χ1) is 15.8. The molecule has 0 radical (unpaired) electrons. The van der Waals surface area contributed by atoms with Gasteiger partial charge < -0.3 is 24.4 Å². The molecule has 0 saturated carbocycles. The van der Waals surface area contributed by atoms with E-state index in [0.717, 1.165) is 0 Å². The maximum atomic E-state index is 13.1. The highest BCUT2D eigenvalue weighted by atomic mass is 16.6. The highest BCUT2D eigenvalue weighted by Gasteiger charge is 2.46. The molecule has 1 atom stereocenters. The van der Waals surface area contributed by atoms with Gasteiger partial charge in [-0.15, -0.1) is 0 Å². The van der Waals surface area contributed by atoms with Crippen molar-refractivity contribution in [1.29, 1.82) is 0 Å². The molecule has 0 spiro atoms. The summed E-state index contributed by atoms with van der Waals surface area (Å²) in [5, 5.41) is 22.5. The quantitative estimate of drug-likeness (QED) is 0.233. The molecule has 4 rings (SSSR count). The topological polar surface area (TPSA) is 122 Å². The summed E-state index contributed by atoms with van der Waals surface area (Å²) in [6, 6.07) is 9.49. The first-order valence-electron chi connectivity index (χ1n) is 10.4. The predicted molar refractivity (Wildman–Crippen MR) is 118 cm³/mol. The molecule has 2 heterocycles. The zero-order valence-corrected chi connectivity index (χ0v) is 18.2. The zero-order valence-electron chi connectivity index (χ0n) is 18.2. The van der Waals surface area contributed by atoms with Gasteiger partial charge in [0.15, 0.2) is 11.5 Å². The number of carbonyl (C=O) groups excluding carboxylic acids is 2. The lowest BCUT2D eigenvalue weighted by Crippen LogP contribution is -2.35. The Hall–Kier alpha value is -3.92. The van der Waals surface area contributed by atoms with Gasteiger partial charge in [0.25, 0.3) is 17.4 Å². The van der Waals surface area contributed by atoms with Crippen molar-refractivity contribution >= 4 is 23.1 Å². The number of aliphatic hydroxyl groups excluding tert-OH is 1. The van der Waals surface area contributed by atoms with Crippen molar-refractivity contribution < 1.29 is 29.1 Å². The molecule has 172 valence electrons. The number of carbonyl (C=O) groups is 2. The Kier molecular flexibility index (Phi) is 6.01. The Morgan fingerprint density at radius 2 is 1.88 bits per heavy atom. The maximum Gasteiger partial charge on any atom is 0.295 e. The first kappa shape index (κ1) is 22.3. The van der Waals surface area contributed by atoms with Crippen LogP contribution < -0.4 is 9.47 Å². The largest absolute Gasteiger partial charge is 0.507 e. The third-order valence-corrected chi connectivity index (χ3v) is 5.54. The molecule has 2 aliphatic heterocycles. The molecular weight excluding hydrogens is 430 g/mol. The molecule has 10 heteroatoms. The third kappa shape index (κ3) is 4.24. The highest BCUT2D eigenvalue weighted by Crippen LogP contribution is 2.41. The van der Waals surface area contributed by atoms with Crippen LogP contribution in [0.15, 0.2) is 48.0 Å². The second kappa shape index (κ2) is 8.91. The first-order valence-corrected chi connectivity index (χ1v) is 10.4. The average Bonchev–Trinajstić information content (AvgIpc) is 3.06. The molecule has 0 bridgehead atoms. The van der Waals surface area contributed by atoms with Crippen molar-refractivity contribution in [3.05, 3.63) is 69.3 Å². The van der Waals surface area contributed by atoms with E-state index in [1.807, 2.05) is 19.0 Å². The summed E-state index contributed by atoms with van der Waals surface area (Å²) in [5.74, 6) is -1.07. The number of ether oxygens (including phenoxy) is 2. The number of fused-ring (bicyclic) bond motifs is 1. The molecule has 0 aliphatic carbocycles. The van der Waals surface area contributed by atoms with Gasteiger partial charge in [0.2, 0.25) is 0 Å². The SMILES string of the molecule is CN(C)CCN1C(=O)C(=O)/C(=C(/O)c2ccc3c(c2)OCCO3)[C@H]1c1cccc([N+](=O)[O-])c1. The van der Waals surface area contributed by atoms with Crippen LogP contribution >= 0.6 is 0 Å². The van der Waals surface area contributed by atoms with E-state index in [1.54, 1.807) is 24.3 Å². The molecule has 2 aliphatic rings. The fraction of sp³-hybridized carbons (Fsp3) is 0.304. The van der Waals surface area contributed by atoms with Crippen LogP contribution in [-0.4, -0.2) is 71.9 Å². The van der Waals surface area contributed by atoms with Gasteiger partial charge in [0, 0.05) is 30.8 Å². The van der Waals surface area contributed by atoms with Crippen LogP contribution in [0.3, 0.4) is 0 Å². The van der Waals surface area contributed by atoms with Crippen LogP contribution in [-0.2, 0) is 9.59 Å². The summed E-state index contributed by atoms with van der Waals surface area (Å²) >= 11 is 0. The zero-order chi connectivity index (χ0) is 23.7. The van der Waals surface area contributed by atoms with Crippen molar-refractivity contribution in [1.82, 2.24) is 9.80 Å². The van der Waals surface area contributed by atoms with Gasteiger partial charge in [-0.05, 0) is 37.9 Å². The number of likely N-dealkylation sites (tertiary alicyclic amines) is 1. The molecule has 10 nitrogen and oxygen atoms in total. The van der Waals surface area contributed by atoms with Crippen molar-refractivity contribution in [2.45, 2.75) is 6.04 Å². The van der Waals surface area contributed by atoms with E-state index in [0.29, 0.717) is 36.8 Å². The third-order valence-electron chi connectivity index (χ3n) is 5.54. The van der Waals surface area contributed by atoms with Gasteiger partial charge in [0.1, 0.15) is 19.0 Å². The maximum absolute atomic E-state index is 13.1. The smallest absolute Gasteiger partial charge is 0.295 e. The summed E-state index contributed by atoms with van der Waals surface area (Å²) in [7, 11) is 3.66.